The zero-order valence-corrected chi connectivity index (χ0v) is 43.9. The van der Waals surface area contributed by atoms with Gasteiger partial charge in [-0.1, -0.05) is 59.6 Å². The minimum atomic E-state index is -2.44. The van der Waals surface area contributed by atoms with Crippen molar-refractivity contribution in [2.45, 2.75) is 200 Å². The average Bonchev–Trinajstić information content (AvgIpc) is 3.32. The molecule has 0 spiro atoms. The molecule has 3 aliphatic heterocycles. The number of methoxy groups -OCH3 is 3. The highest BCUT2D eigenvalue weighted by atomic mass is 16.9. The van der Waals surface area contributed by atoms with E-state index >= 15 is 0 Å². The smallest absolute Gasteiger partial charge is 0.333 e. The topological polar surface area (TPSA) is 225 Å². The Balaban J connectivity index is 1.68. The number of hydrogen-bond acceptors (Lipinski definition) is 16. The second-order valence-electron chi connectivity index (χ2n) is 21.2. The van der Waals surface area contributed by atoms with Gasteiger partial charge < -0.3 is 43.6 Å². The number of carbonyl (C=O) groups is 6. The number of amides is 1. The van der Waals surface area contributed by atoms with Crippen molar-refractivity contribution >= 4 is 35.2 Å². The number of carbonyl (C=O) groups excluding carboxylic acids is 6. The lowest BCUT2D eigenvalue weighted by Crippen LogP contribution is -2.61. The predicted molar refractivity (Wildman–Crippen MR) is 258 cm³/mol. The molecule has 1 amide bonds. The van der Waals surface area contributed by atoms with Gasteiger partial charge >= 0.3 is 11.9 Å². The summed E-state index contributed by atoms with van der Waals surface area (Å²) < 4.78 is 29.7. The Morgan fingerprint density at radius 1 is 0.886 bits per heavy atom. The van der Waals surface area contributed by atoms with E-state index in [0.717, 1.165) is 31.3 Å². The van der Waals surface area contributed by atoms with E-state index in [2.05, 4.69) is 13.0 Å². The highest BCUT2D eigenvalue weighted by Gasteiger charge is 2.53. The minimum Gasteiger partial charge on any atom is -0.460 e. The fourth-order valence-electron chi connectivity index (χ4n) is 11.2. The lowest BCUT2D eigenvalue weighted by Gasteiger charge is -2.42. The van der Waals surface area contributed by atoms with Crippen molar-refractivity contribution in [3.8, 4) is 0 Å². The van der Waals surface area contributed by atoms with Crippen LogP contribution < -0.4 is 0 Å². The summed E-state index contributed by atoms with van der Waals surface area (Å²) in [5.74, 6) is -9.27. The van der Waals surface area contributed by atoms with Crippen molar-refractivity contribution in [3.63, 3.8) is 0 Å². The molecule has 0 aromatic carbocycles. The van der Waals surface area contributed by atoms with Gasteiger partial charge in [-0.15, -0.1) is 0 Å². The number of rotatable bonds is 8. The monoisotopic (exact) mass is 991 g/mol. The molecule has 0 radical (unpaired) electrons. The summed E-state index contributed by atoms with van der Waals surface area (Å²) in [5.41, 5.74) is 1.36. The number of aliphatic hydroxyl groups is 2. The minimum absolute atomic E-state index is 0.0189. The third-order valence-electron chi connectivity index (χ3n) is 15.7. The number of hydrogen-bond donors (Lipinski definition) is 3. The highest BCUT2D eigenvalue weighted by Crippen LogP contribution is 2.39. The number of ketones is 3. The molecule has 1 aliphatic carbocycles. The Kier molecular flexibility index (Phi) is 23.3. The summed E-state index contributed by atoms with van der Waals surface area (Å²) in [6, 6.07) is -1.18. The number of cyclic esters (lactones) is 1. The third-order valence-corrected chi connectivity index (χ3v) is 15.7. The van der Waals surface area contributed by atoms with Gasteiger partial charge in [-0.25, -0.2) is 9.59 Å². The summed E-state index contributed by atoms with van der Waals surface area (Å²) in [6.07, 6.45) is 7.21. The third kappa shape index (κ3) is 15.8. The molecule has 398 valence electrons. The Bertz CT molecular complexity index is 1840. The molecule has 4 rings (SSSR count). The number of hydroxylamine groups is 2. The van der Waals surface area contributed by atoms with Crippen molar-refractivity contribution in [3.05, 3.63) is 23.3 Å². The zero-order valence-electron chi connectivity index (χ0n) is 43.9. The highest BCUT2D eigenvalue weighted by molar-refractivity contribution is 6.39. The van der Waals surface area contributed by atoms with Crippen LogP contribution in [0.25, 0.3) is 0 Å². The molecule has 3 fully saturated rings. The van der Waals surface area contributed by atoms with Crippen LogP contribution >= 0.6 is 0 Å². The molecule has 4 aliphatic rings. The van der Waals surface area contributed by atoms with E-state index in [1.165, 1.54) is 26.2 Å². The summed E-state index contributed by atoms with van der Waals surface area (Å²) in [7, 11) is 5.69. The van der Waals surface area contributed by atoms with Crippen molar-refractivity contribution in [1.29, 1.82) is 0 Å². The maximum absolute atomic E-state index is 14.5. The molecule has 15 atom stereocenters. The summed E-state index contributed by atoms with van der Waals surface area (Å²) >= 11 is 0. The first-order valence-electron chi connectivity index (χ1n) is 25.8. The molecular weight excluding hydrogens is 905 g/mol. The molecule has 0 aromatic rings. The molecule has 70 heavy (non-hydrogen) atoms. The van der Waals surface area contributed by atoms with Crippen LogP contribution in [0.3, 0.4) is 0 Å². The number of esters is 1. The van der Waals surface area contributed by atoms with E-state index < -0.39 is 95.6 Å². The van der Waals surface area contributed by atoms with Crippen LogP contribution in [0.5, 0.6) is 0 Å². The van der Waals surface area contributed by atoms with Gasteiger partial charge in [0, 0.05) is 58.5 Å². The van der Waals surface area contributed by atoms with Gasteiger partial charge in [0.2, 0.25) is 5.79 Å². The number of nitrogens with zero attached hydrogens (tertiary/aromatic N) is 2. The first-order valence-corrected chi connectivity index (χ1v) is 25.8. The maximum atomic E-state index is 14.5. The summed E-state index contributed by atoms with van der Waals surface area (Å²) in [6.45, 7) is 12.9. The van der Waals surface area contributed by atoms with Crippen LogP contribution in [-0.2, 0) is 57.3 Å². The molecule has 0 unspecified atom stereocenters. The van der Waals surface area contributed by atoms with Gasteiger partial charge in [0.25, 0.3) is 11.7 Å². The van der Waals surface area contributed by atoms with Gasteiger partial charge in [0.1, 0.15) is 30.1 Å². The molecule has 1 saturated carbocycles. The van der Waals surface area contributed by atoms with E-state index in [1.807, 2.05) is 20.8 Å². The fourth-order valence-corrected chi connectivity index (χ4v) is 11.2. The predicted octanol–water partition coefficient (Wildman–Crippen LogP) is 6.66. The quantitative estimate of drug-likeness (QED) is 0.100. The number of allylic oxidation sites excluding steroid dienone is 2. The van der Waals surface area contributed by atoms with Crippen LogP contribution in [0.2, 0.25) is 0 Å². The Morgan fingerprint density at radius 3 is 2.24 bits per heavy atom. The van der Waals surface area contributed by atoms with Crippen molar-refractivity contribution in [2.75, 3.05) is 34.9 Å². The average molecular weight is 991 g/mol. The van der Waals surface area contributed by atoms with Crippen molar-refractivity contribution in [2.24, 2.45) is 41.4 Å². The van der Waals surface area contributed by atoms with Crippen LogP contribution in [-0.4, -0.2) is 144 Å². The standard InChI is InChI=1S/C53H86N2O15/c1-31-17-13-12-14-18-32(2)43(65-9)29-39-22-20-37(7)53(63,69-39)49(59)50(60)55-24-16-15-19-41(55)52(62)68-44(34(4)27-38-21-23-40(45(28-38)66-10)51(61)70-54(8)64)30-42(56)33(3)26-36(6)47(58)48(67-11)46(57)35(5)25-31/h18,26,31,33-35,37-41,43-45,47-48,58,63-64H,12-17,19-25,27-30H2,1-11H3/b32-18-,36-26-/t31-,33-,34-,35-,37-,38+,39+,40-,41+,43+,44+,45-,47-,48+,53-/m1/s1. The van der Waals surface area contributed by atoms with Gasteiger partial charge in [-0.2, -0.15) is 0 Å². The first-order chi connectivity index (χ1) is 33.1. The Hall–Kier alpha value is -3.42. The van der Waals surface area contributed by atoms with Gasteiger partial charge in [-0.3, -0.25) is 24.4 Å². The zero-order chi connectivity index (χ0) is 52.0. The van der Waals surface area contributed by atoms with Gasteiger partial charge in [-0.05, 0) is 125 Å². The second-order valence-corrected chi connectivity index (χ2v) is 21.2. The first kappa shape index (κ1) is 59.1. The van der Waals surface area contributed by atoms with Crippen LogP contribution in [0.15, 0.2) is 23.3 Å². The molecule has 17 nitrogen and oxygen atoms in total. The largest absolute Gasteiger partial charge is 0.460 e. The van der Waals surface area contributed by atoms with E-state index in [4.69, 9.17) is 28.5 Å². The lowest BCUT2D eigenvalue weighted by molar-refractivity contribution is -0.306. The van der Waals surface area contributed by atoms with Crippen LogP contribution in [0.4, 0.5) is 0 Å². The summed E-state index contributed by atoms with van der Waals surface area (Å²) in [5, 5.41) is 33.4. The van der Waals surface area contributed by atoms with Crippen LogP contribution in [0, 0.1) is 41.4 Å². The molecule has 3 heterocycles. The van der Waals surface area contributed by atoms with E-state index in [-0.39, 0.29) is 48.9 Å². The normalized spacial score (nSPS) is 37.9. The van der Waals surface area contributed by atoms with E-state index in [1.54, 1.807) is 34.0 Å². The molecule has 0 aromatic heterocycles. The molecule has 3 N–H and O–H groups in total. The van der Waals surface area contributed by atoms with E-state index in [0.29, 0.717) is 75.0 Å². The number of ether oxygens (including phenoxy) is 5. The van der Waals surface area contributed by atoms with Crippen molar-refractivity contribution in [1.82, 2.24) is 10.1 Å². The Morgan fingerprint density at radius 2 is 1.59 bits per heavy atom. The van der Waals surface area contributed by atoms with Crippen molar-refractivity contribution < 1.29 is 72.7 Å². The fraction of sp³-hybridized carbons (Fsp3) is 0.811. The number of aliphatic hydroxyl groups excluding tert-OH is 1. The molecule has 2 bridgehead atoms. The molecular formula is C53H86N2O15. The lowest BCUT2D eigenvalue weighted by atomic mass is 9.75. The Labute approximate surface area is 416 Å². The van der Waals surface area contributed by atoms with Gasteiger partial charge in [0.05, 0.1) is 31.3 Å². The van der Waals surface area contributed by atoms with E-state index in [9.17, 15) is 44.2 Å². The SMILES string of the molecule is CO[C@H]1C[C@@H]2CC[C@@H](C)[C@@](O)(O2)C(=O)C(=O)N2CCCC[C@H]2C(=O)O[C@H]([C@H](C)C[C@@H]2CC[C@@H](C(=O)ON(C)O)[C@H](OC)C2)CC(=O)[C@H](C)/C=C(/C)[C@@H](O)[C@@H](OC)C(=O)[C@H](C)C[C@H](C)CCCC/C=C\1C. The number of Topliss-reactive ketones (excluding diaryl/α,β-unsaturated/α-hetero) is 3. The molecule has 2 saturated heterocycles. The number of piperidine rings is 1. The van der Waals surface area contributed by atoms with Crippen LogP contribution in [0.1, 0.15) is 151 Å². The second kappa shape index (κ2) is 27.6. The molecule has 17 heteroatoms. The number of fused-ring (bicyclic) bond motifs is 3. The summed E-state index contributed by atoms with van der Waals surface area (Å²) in [4.78, 5) is 90.0. The van der Waals surface area contributed by atoms with Gasteiger partial charge in [0.15, 0.2) is 5.78 Å². The maximum Gasteiger partial charge on any atom is 0.333 e.